The van der Waals surface area contributed by atoms with Crippen molar-refractivity contribution in [3.8, 4) is 11.5 Å². The van der Waals surface area contributed by atoms with Gasteiger partial charge in [0.05, 0.1) is 13.2 Å². The van der Waals surface area contributed by atoms with E-state index in [9.17, 15) is 9.59 Å². The molecule has 0 saturated carbocycles. The Morgan fingerprint density at radius 3 is 2.18 bits per heavy atom. The van der Waals surface area contributed by atoms with Crippen molar-refractivity contribution in [1.82, 2.24) is 10.2 Å². The molecule has 3 aromatic rings. The summed E-state index contributed by atoms with van der Waals surface area (Å²) in [6.45, 7) is 7.87. The van der Waals surface area contributed by atoms with Gasteiger partial charge in [0.1, 0.15) is 6.04 Å². The molecule has 2 amide bonds. The summed E-state index contributed by atoms with van der Waals surface area (Å²) in [5.41, 5.74) is 2.96. The molecule has 1 atom stereocenters. The highest BCUT2D eigenvalue weighted by Crippen LogP contribution is 2.29. The van der Waals surface area contributed by atoms with E-state index >= 15 is 0 Å². The van der Waals surface area contributed by atoms with Gasteiger partial charge in [0.15, 0.2) is 11.5 Å². The lowest BCUT2D eigenvalue weighted by atomic mass is 10.0. The van der Waals surface area contributed by atoms with Crippen LogP contribution in [0.2, 0.25) is 0 Å². The first-order chi connectivity index (χ1) is 18.9. The maximum atomic E-state index is 13.9. The first-order valence-corrected chi connectivity index (χ1v) is 14.5. The van der Waals surface area contributed by atoms with E-state index in [0.717, 1.165) is 27.6 Å². The van der Waals surface area contributed by atoms with Crippen molar-refractivity contribution >= 4 is 27.7 Å². The Balaban J connectivity index is 1.87. The molecular formula is C32H39BrN2O4. The minimum Gasteiger partial charge on any atom is -0.490 e. The molecule has 0 saturated heterocycles. The van der Waals surface area contributed by atoms with Crippen molar-refractivity contribution in [2.75, 3.05) is 19.8 Å². The summed E-state index contributed by atoms with van der Waals surface area (Å²) in [5.74, 6) is 1.17. The van der Waals surface area contributed by atoms with Crippen molar-refractivity contribution < 1.29 is 19.1 Å². The largest absolute Gasteiger partial charge is 0.490 e. The highest BCUT2D eigenvalue weighted by atomic mass is 79.9. The summed E-state index contributed by atoms with van der Waals surface area (Å²) in [5, 5.41) is 3.03. The molecule has 0 aliphatic rings. The van der Waals surface area contributed by atoms with E-state index in [1.54, 1.807) is 4.90 Å². The fourth-order valence-corrected chi connectivity index (χ4v) is 4.62. The maximum Gasteiger partial charge on any atom is 0.243 e. The Bertz CT molecular complexity index is 1180. The lowest BCUT2D eigenvalue weighted by Gasteiger charge is -2.31. The fourth-order valence-electron chi connectivity index (χ4n) is 4.35. The summed E-state index contributed by atoms with van der Waals surface area (Å²) < 4.78 is 12.4. The second-order valence-electron chi connectivity index (χ2n) is 9.29. The van der Waals surface area contributed by atoms with Crippen molar-refractivity contribution in [2.24, 2.45) is 0 Å². The lowest BCUT2D eigenvalue weighted by Crippen LogP contribution is -2.50. The van der Waals surface area contributed by atoms with Crippen LogP contribution in [0.4, 0.5) is 0 Å². The normalized spacial score (nSPS) is 11.5. The Morgan fingerprint density at radius 2 is 1.51 bits per heavy atom. The van der Waals surface area contributed by atoms with Crippen LogP contribution < -0.4 is 14.8 Å². The third-order valence-corrected chi connectivity index (χ3v) is 6.85. The van der Waals surface area contributed by atoms with Crippen LogP contribution in [0, 0.1) is 0 Å². The molecule has 3 aromatic carbocycles. The van der Waals surface area contributed by atoms with Gasteiger partial charge in [-0.15, -0.1) is 0 Å². The third-order valence-electron chi connectivity index (χ3n) is 6.32. The van der Waals surface area contributed by atoms with Gasteiger partial charge in [0, 0.05) is 30.4 Å². The lowest BCUT2D eigenvalue weighted by molar-refractivity contribution is -0.141. The average Bonchev–Trinajstić information content (AvgIpc) is 2.95. The minimum absolute atomic E-state index is 0.0719. The number of aryl methyl sites for hydroxylation is 1. The van der Waals surface area contributed by atoms with Crippen LogP contribution in [0.5, 0.6) is 11.5 Å². The number of nitrogens with one attached hydrogen (secondary N) is 1. The second kappa shape index (κ2) is 15.9. The smallest absolute Gasteiger partial charge is 0.243 e. The molecule has 0 aliphatic carbocycles. The Kier molecular flexibility index (Phi) is 12.4. The van der Waals surface area contributed by atoms with Crippen molar-refractivity contribution in [3.05, 3.63) is 94.0 Å². The molecule has 0 aromatic heterocycles. The Hall–Kier alpha value is -3.32. The molecule has 6 nitrogen and oxygen atoms in total. The van der Waals surface area contributed by atoms with Crippen LogP contribution in [-0.2, 0) is 29.0 Å². The predicted octanol–water partition coefficient (Wildman–Crippen LogP) is 6.35. The second-order valence-corrected chi connectivity index (χ2v) is 10.2. The highest BCUT2D eigenvalue weighted by molar-refractivity contribution is 9.10. The van der Waals surface area contributed by atoms with Gasteiger partial charge in [-0.1, -0.05) is 71.4 Å². The quantitative estimate of drug-likeness (QED) is 0.223. The molecule has 0 bridgehead atoms. The van der Waals surface area contributed by atoms with Crippen LogP contribution in [0.25, 0.3) is 0 Å². The Morgan fingerprint density at radius 1 is 0.846 bits per heavy atom. The molecule has 0 radical (unpaired) electrons. The number of ether oxygens (including phenoxy) is 2. The summed E-state index contributed by atoms with van der Waals surface area (Å²) in [6.07, 6.45) is 2.06. The predicted molar refractivity (Wildman–Crippen MR) is 159 cm³/mol. The monoisotopic (exact) mass is 594 g/mol. The number of hydrogen-bond donors (Lipinski definition) is 1. The number of carbonyl (C=O) groups is 2. The van der Waals surface area contributed by atoms with Gasteiger partial charge >= 0.3 is 0 Å². The zero-order valence-corrected chi connectivity index (χ0v) is 24.7. The standard InChI is InChI=1S/C32H39BrN2O4/c1-4-20-34-32(37)28(21-24-10-8-7-9-11-24)35(23-26-12-16-27(33)17-13-26)31(36)19-15-25-14-18-29(38-5-2)30(22-25)39-6-3/h7-14,16-18,22,28H,4-6,15,19-21,23H2,1-3H3,(H,34,37). The molecule has 1 N–H and O–H groups in total. The fraction of sp³-hybridized carbons (Fsp3) is 0.375. The topological polar surface area (TPSA) is 67.9 Å². The molecular weight excluding hydrogens is 556 g/mol. The molecule has 208 valence electrons. The molecule has 0 fully saturated rings. The SMILES string of the molecule is CCCNC(=O)C(Cc1ccccc1)N(Cc1ccc(Br)cc1)C(=O)CCc1ccc(OCC)c(OCC)c1. The van der Waals surface area contributed by atoms with Crippen LogP contribution in [0.3, 0.4) is 0 Å². The van der Waals surface area contributed by atoms with Crippen molar-refractivity contribution in [2.45, 2.75) is 59.0 Å². The van der Waals surface area contributed by atoms with E-state index < -0.39 is 6.04 Å². The van der Waals surface area contributed by atoms with Crippen molar-refractivity contribution in [3.63, 3.8) is 0 Å². The minimum atomic E-state index is -0.630. The number of carbonyl (C=O) groups excluding carboxylic acids is 2. The first-order valence-electron chi connectivity index (χ1n) is 13.7. The van der Waals surface area contributed by atoms with Gasteiger partial charge in [-0.3, -0.25) is 9.59 Å². The van der Waals surface area contributed by atoms with Gasteiger partial charge in [-0.05, 0) is 67.6 Å². The molecule has 39 heavy (non-hydrogen) atoms. The van der Waals surface area contributed by atoms with Crippen LogP contribution in [0.15, 0.2) is 77.3 Å². The Labute approximate surface area is 240 Å². The molecule has 3 rings (SSSR count). The van der Waals surface area contributed by atoms with Crippen LogP contribution in [-0.4, -0.2) is 42.5 Å². The van der Waals surface area contributed by atoms with E-state index in [2.05, 4.69) is 21.2 Å². The number of benzene rings is 3. The van der Waals surface area contributed by atoms with E-state index in [4.69, 9.17) is 9.47 Å². The zero-order valence-electron chi connectivity index (χ0n) is 23.1. The zero-order chi connectivity index (χ0) is 28.0. The first kappa shape index (κ1) is 30.2. The number of nitrogens with zero attached hydrogens (tertiary/aromatic N) is 1. The van der Waals surface area contributed by atoms with Crippen molar-refractivity contribution in [1.29, 1.82) is 0 Å². The van der Waals surface area contributed by atoms with Gasteiger partial charge in [0.25, 0.3) is 0 Å². The van der Waals surface area contributed by atoms with Crippen LogP contribution >= 0.6 is 15.9 Å². The number of hydrogen-bond acceptors (Lipinski definition) is 4. The van der Waals surface area contributed by atoms with E-state index in [1.165, 1.54) is 0 Å². The van der Waals surface area contributed by atoms with E-state index in [1.807, 2.05) is 93.6 Å². The number of amides is 2. The van der Waals surface area contributed by atoms with E-state index in [0.29, 0.717) is 50.6 Å². The average molecular weight is 596 g/mol. The summed E-state index contributed by atoms with van der Waals surface area (Å²) in [6, 6.07) is 22.9. The van der Waals surface area contributed by atoms with Crippen LogP contribution in [0.1, 0.15) is 50.3 Å². The number of halogens is 1. The highest BCUT2D eigenvalue weighted by Gasteiger charge is 2.30. The molecule has 7 heteroatoms. The van der Waals surface area contributed by atoms with E-state index in [-0.39, 0.29) is 18.2 Å². The summed E-state index contributed by atoms with van der Waals surface area (Å²) >= 11 is 3.48. The molecule has 0 aliphatic heterocycles. The number of rotatable bonds is 15. The maximum absolute atomic E-state index is 13.9. The molecule has 1 unspecified atom stereocenters. The summed E-state index contributed by atoms with van der Waals surface area (Å²) in [7, 11) is 0. The summed E-state index contributed by atoms with van der Waals surface area (Å²) in [4.78, 5) is 29.0. The van der Waals surface area contributed by atoms with Gasteiger partial charge in [0.2, 0.25) is 11.8 Å². The van der Waals surface area contributed by atoms with Gasteiger partial charge in [-0.2, -0.15) is 0 Å². The van der Waals surface area contributed by atoms with Gasteiger partial charge in [-0.25, -0.2) is 0 Å². The van der Waals surface area contributed by atoms with Gasteiger partial charge < -0.3 is 19.7 Å². The molecule has 0 spiro atoms. The molecule has 0 heterocycles. The third kappa shape index (κ3) is 9.43.